The molecule has 0 aromatic carbocycles. The highest BCUT2D eigenvalue weighted by Gasteiger charge is 2.44. The van der Waals surface area contributed by atoms with Crippen molar-refractivity contribution in [3.05, 3.63) is 0 Å². The molecule has 4 aliphatic heterocycles. The lowest BCUT2D eigenvalue weighted by atomic mass is 9.99. The van der Waals surface area contributed by atoms with Crippen molar-refractivity contribution in [3.8, 4) is 0 Å². The van der Waals surface area contributed by atoms with Gasteiger partial charge in [0.25, 0.3) is 0 Å². The molecule has 4 saturated heterocycles. The van der Waals surface area contributed by atoms with Crippen LogP contribution in [0, 0.1) is 23.7 Å². The van der Waals surface area contributed by atoms with Gasteiger partial charge in [0.15, 0.2) is 0 Å². The zero-order valence-electron chi connectivity index (χ0n) is 45.1. The van der Waals surface area contributed by atoms with E-state index in [9.17, 15) is 47.9 Å². The standard InChI is InChI=1S/C51H86N10O11/c1-13-58-28-43(63)55-37(24-30(2)3)49(69)61-21-15-17-39(61)51(71)57(12)41(26-32(6)7)45(65)54-34(9)47(67)59(27-36-18-22-72-23-19-36)29-42(62)52-35(10)48(68)60-20-14-16-38(60)50(70)56(11)40(25-31(4)5)44(64)53-33(8)46(58)66/h30-41H,13-29H2,1-12H3,(H,52,62)(H,53,64)(H,54,65)(H,55,63)/t33-,34-,35-,37-,38+,39+,40-,41-/m0/s1. The van der Waals surface area contributed by atoms with E-state index in [-0.39, 0.29) is 69.1 Å². The zero-order chi connectivity index (χ0) is 53.7. The summed E-state index contributed by atoms with van der Waals surface area (Å²) in [6, 6.07) is -8.35. The van der Waals surface area contributed by atoms with Crippen LogP contribution < -0.4 is 21.3 Å². The average molecular weight is 1020 g/mol. The van der Waals surface area contributed by atoms with E-state index in [1.807, 2.05) is 41.5 Å². The van der Waals surface area contributed by atoms with Crippen LogP contribution in [0.25, 0.3) is 0 Å². The minimum Gasteiger partial charge on any atom is -0.381 e. The van der Waals surface area contributed by atoms with Crippen LogP contribution in [0.1, 0.15) is 127 Å². The van der Waals surface area contributed by atoms with E-state index in [1.54, 1.807) is 6.92 Å². The van der Waals surface area contributed by atoms with Crippen LogP contribution in [0.5, 0.6) is 0 Å². The fourth-order valence-corrected chi connectivity index (χ4v) is 10.3. The van der Waals surface area contributed by atoms with Crippen LogP contribution in [0.4, 0.5) is 0 Å². The van der Waals surface area contributed by atoms with Crippen molar-refractivity contribution in [2.75, 3.05) is 66.6 Å². The lowest BCUT2D eigenvalue weighted by Crippen LogP contribution is -2.60. The number of carbonyl (C=O) groups is 10. The van der Waals surface area contributed by atoms with Gasteiger partial charge in [-0.05, 0) is 109 Å². The maximum atomic E-state index is 14.5. The molecular formula is C51H86N10O11. The first-order valence-electron chi connectivity index (χ1n) is 26.4. The smallest absolute Gasteiger partial charge is 0.245 e. The molecule has 4 N–H and O–H groups in total. The van der Waals surface area contributed by atoms with E-state index in [0.29, 0.717) is 51.7 Å². The molecule has 21 nitrogen and oxygen atoms in total. The molecule has 4 fully saturated rings. The fourth-order valence-electron chi connectivity index (χ4n) is 10.3. The molecular weight excluding hydrogens is 929 g/mol. The highest BCUT2D eigenvalue weighted by atomic mass is 16.5. The molecule has 8 atom stereocenters. The number of carbonyl (C=O) groups excluding carboxylic acids is 10. The molecule has 0 unspecified atom stereocenters. The molecule has 72 heavy (non-hydrogen) atoms. The fraction of sp³-hybridized carbons (Fsp3) is 0.804. The Morgan fingerprint density at radius 2 is 0.931 bits per heavy atom. The van der Waals surface area contributed by atoms with Crippen molar-refractivity contribution in [1.29, 1.82) is 0 Å². The second kappa shape index (κ2) is 27.1. The van der Waals surface area contributed by atoms with E-state index in [4.69, 9.17) is 4.74 Å². The van der Waals surface area contributed by atoms with Gasteiger partial charge in [0, 0.05) is 53.5 Å². The molecule has 21 heteroatoms. The molecule has 10 amide bonds. The summed E-state index contributed by atoms with van der Waals surface area (Å²) in [6.07, 6.45) is 3.60. The van der Waals surface area contributed by atoms with Crippen LogP contribution in [0.2, 0.25) is 0 Å². The summed E-state index contributed by atoms with van der Waals surface area (Å²) < 4.78 is 5.55. The van der Waals surface area contributed by atoms with Gasteiger partial charge in [-0.15, -0.1) is 0 Å². The second-order valence-electron chi connectivity index (χ2n) is 21.7. The van der Waals surface area contributed by atoms with Gasteiger partial charge in [-0.2, -0.15) is 0 Å². The number of fused-ring (bicyclic) bond motifs is 2. The number of nitrogens with one attached hydrogen (secondary N) is 4. The Hall–Kier alpha value is -5.34. The van der Waals surface area contributed by atoms with Crippen molar-refractivity contribution in [1.82, 2.24) is 50.7 Å². The molecule has 0 bridgehead atoms. The normalized spacial score (nSPS) is 28.7. The van der Waals surface area contributed by atoms with E-state index in [1.165, 1.54) is 64.3 Å². The van der Waals surface area contributed by atoms with Gasteiger partial charge in [0.1, 0.15) is 48.3 Å². The highest BCUT2D eigenvalue weighted by Crippen LogP contribution is 2.26. The van der Waals surface area contributed by atoms with Crippen LogP contribution in [0.15, 0.2) is 0 Å². The number of amides is 10. The highest BCUT2D eigenvalue weighted by molar-refractivity contribution is 5.99. The van der Waals surface area contributed by atoms with Gasteiger partial charge in [0.2, 0.25) is 59.1 Å². The van der Waals surface area contributed by atoms with Crippen LogP contribution >= 0.6 is 0 Å². The molecule has 4 rings (SSSR count). The average Bonchev–Trinajstić information content (AvgIpc) is 4.03. The summed E-state index contributed by atoms with van der Waals surface area (Å²) in [6.45, 7) is 18.4. The Kier molecular flexibility index (Phi) is 22.3. The summed E-state index contributed by atoms with van der Waals surface area (Å²) in [4.78, 5) is 150. The van der Waals surface area contributed by atoms with Gasteiger partial charge in [-0.3, -0.25) is 47.9 Å². The molecule has 0 saturated carbocycles. The lowest BCUT2D eigenvalue weighted by molar-refractivity contribution is -0.149. The van der Waals surface area contributed by atoms with Gasteiger partial charge in [-0.1, -0.05) is 41.5 Å². The van der Waals surface area contributed by atoms with E-state index in [2.05, 4.69) is 21.3 Å². The topological polar surface area (TPSA) is 247 Å². The molecule has 0 aromatic heterocycles. The number of ether oxygens (including phenoxy) is 1. The Bertz CT molecular complexity index is 1960. The Morgan fingerprint density at radius 1 is 0.514 bits per heavy atom. The van der Waals surface area contributed by atoms with Gasteiger partial charge >= 0.3 is 0 Å². The minimum absolute atomic E-state index is 0.00652. The maximum Gasteiger partial charge on any atom is 0.245 e. The van der Waals surface area contributed by atoms with E-state index >= 15 is 0 Å². The van der Waals surface area contributed by atoms with Gasteiger partial charge in [0.05, 0.1) is 13.1 Å². The lowest BCUT2D eigenvalue weighted by Gasteiger charge is -2.36. The van der Waals surface area contributed by atoms with E-state index < -0.39 is 120 Å². The monoisotopic (exact) mass is 1010 g/mol. The third-order valence-electron chi connectivity index (χ3n) is 14.3. The third-order valence-corrected chi connectivity index (χ3v) is 14.3. The molecule has 4 heterocycles. The van der Waals surface area contributed by atoms with Crippen molar-refractivity contribution in [2.24, 2.45) is 23.7 Å². The summed E-state index contributed by atoms with van der Waals surface area (Å²) in [5, 5.41) is 11.1. The first-order chi connectivity index (χ1) is 33.9. The number of hydrogen-bond donors (Lipinski definition) is 4. The van der Waals surface area contributed by atoms with E-state index in [0.717, 1.165) is 0 Å². The molecule has 0 aliphatic carbocycles. The largest absolute Gasteiger partial charge is 0.381 e. The number of likely N-dealkylation sites (N-methyl/N-ethyl adjacent to an activating group) is 3. The molecule has 406 valence electrons. The maximum absolute atomic E-state index is 14.5. The first kappa shape index (κ1) is 59.2. The van der Waals surface area contributed by atoms with Crippen LogP contribution in [-0.2, 0) is 52.7 Å². The summed E-state index contributed by atoms with van der Waals surface area (Å²) in [5.41, 5.74) is 0. The zero-order valence-corrected chi connectivity index (χ0v) is 45.1. The quantitative estimate of drug-likeness (QED) is 0.253. The summed E-state index contributed by atoms with van der Waals surface area (Å²) in [5.74, 6) is -5.65. The van der Waals surface area contributed by atoms with Crippen molar-refractivity contribution < 1.29 is 52.7 Å². The summed E-state index contributed by atoms with van der Waals surface area (Å²) in [7, 11) is 3.00. The summed E-state index contributed by atoms with van der Waals surface area (Å²) >= 11 is 0. The predicted octanol–water partition coefficient (Wildman–Crippen LogP) is 0.877. The molecule has 4 aliphatic rings. The van der Waals surface area contributed by atoms with Crippen molar-refractivity contribution in [3.63, 3.8) is 0 Å². The van der Waals surface area contributed by atoms with Gasteiger partial charge in [-0.25, -0.2) is 0 Å². The van der Waals surface area contributed by atoms with Crippen LogP contribution in [0.3, 0.4) is 0 Å². The Labute approximate surface area is 426 Å². The van der Waals surface area contributed by atoms with Crippen molar-refractivity contribution in [2.45, 2.75) is 175 Å². The number of nitrogens with zero attached hydrogens (tertiary/aromatic N) is 6. The molecule has 0 spiro atoms. The third kappa shape index (κ3) is 15.8. The van der Waals surface area contributed by atoms with Gasteiger partial charge < -0.3 is 55.4 Å². The number of rotatable bonds is 9. The molecule has 0 radical (unpaired) electrons. The Balaban J connectivity index is 1.73. The predicted molar refractivity (Wildman–Crippen MR) is 268 cm³/mol. The van der Waals surface area contributed by atoms with Crippen molar-refractivity contribution >= 4 is 59.1 Å². The SMILES string of the molecule is CCN1CC(=O)N[C@@H](CC(C)C)C(=O)N2CCC[C@@H]2C(=O)N(C)[C@@H](CC(C)C)C(=O)N[C@@H](C)C(=O)N(CC2CCOCC2)CC(=O)N[C@@H](C)C(=O)N2CCC[C@@H]2C(=O)N(C)[C@@H](CC(C)C)C(=O)N[C@@H](C)C1=O. The first-order valence-corrected chi connectivity index (χ1v) is 26.4. The number of hydrogen-bond acceptors (Lipinski definition) is 11. The Morgan fingerprint density at radius 3 is 1.39 bits per heavy atom. The van der Waals surface area contributed by atoms with Crippen LogP contribution in [-0.4, -0.2) is 203 Å². The minimum atomic E-state index is -1.13. The molecule has 0 aromatic rings. The second-order valence-corrected chi connectivity index (χ2v) is 21.7.